The monoisotopic (exact) mass is 293 g/mol. The molecular weight excluding hydrogens is 258 g/mol. The summed E-state index contributed by atoms with van der Waals surface area (Å²) in [6.07, 6.45) is 13.7. The van der Waals surface area contributed by atoms with E-state index in [-0.39, 0.29) is 5.60 Å². The van der Waals surface area contributed by atoms with Crippen LogP contribution in [0.1, 0.15) is 78.1 Å². The van der Waals surface area contributed by atoms with Crippen LogP contribution in [0.4, 0.5) is 0 Å². The minimum atomic E-state index is 0.164. The van der Waals surface area contributed by atoms with Gasteiger partial charge in [-0.2, -0.15) is 0 Å². The summed E-state index contributed by atoms with van der Waals surface area (Å²) in [5.41, 5.74) is 0.164. The van der Waals surface area contributed by atoms with Gasteiger partial charge in [0.2, 0.25) is 0 Å². The van der Waals surface area contributed by atoms with Gasteiger partial charge in [-0.05, 0) is 62.7 Å². The lowest BCUT2D eigenvalue weighted by Crippen LogP contribution is -2.47. The lowest BCUT2D eigenvalue weighted by Gasteiger charge is -2.42. The molecule has 0 aromatic rings. The minimum Gasteiger partial charge on any atom is -0.374 e. The predicted octanol–water partition coefficient (Wildman–Crippen LogP) is 4.53. The maximum absolute atomic E-state index is 6.52. The highest BCUT2D eigenvalue weighted by atomic mass is 16.5. The van der Waals surface area contributed by atoms with Crippen molar-refractivity contribution in [2.45, 2.75) is 89.7 Å². The normalized spacial score (nSPS) is 34.1. The third-order valence-electron chi connectivity index (χ3n) is 6.33. The first kappa shape index (κ1) is 15.8. The van der Waals surface area contributed by atoms with E-state index in [2.05, 4.69) is 19.2 Å². The van der Waals surface area contributed by atoms with Crippen molar-refractivity contribution >= 4 is 0 Å². The van der Waals surface area contributed by atoms with E-state index in [1.807, 2.05) is 0 Å². The maximum Gasteiger partial charge on any atom is 0.0806 e. The van der Waals surface area contributed by atoms with Gasteiger partial charge in [-0.25, -0.2) is 0 Å². The second kappa shape index (κ2) is 7.00. The summed E-state index contributed by atoms with van der Waals surface area (Å²) in [6.45, 7) is 6.88. The smallest absolute Gasteiger partial charge is 0.0806 e. The van der Waals surface area contributed by atoms with Gasteiger partial charge >= 0.3 is 0 Å². The Morgan fingerprint density at radius 1 is 1.05 bits per heavy atom. The van der Waals surface area contributed by atoms with Crippen molar-refractivity contribution in [2.24, 2.45) is 17.8 Å². The van der Waals surface area contributed by atoms with E-state index in [1.54, 1.807) is 0 Å². The molecule has 0 aromatic carbocycles. The van der Waals surface area contributed by atoms with Crippen molar-refractivity contribution in [2.75, 3.05) is 13.2 Å². The molecule has 0 saturated heterocycles. The third kappa shape index (κ3) is 4.45. The van der Waals surface area contributed by atoms with E-state index >= 15 is 0 Å². The van der Waals surface area contributed by atoms with Crippen molar-refractivity contribution in [3.8, 4) is 0 Å². The van der Waals surface area contributed by atoms with Gasteiger partial charge < -0.3 is 10.1 Å². The quantitative estimate of drug-likeness (QED) is 0.710. The maximum atomic E-state index is 6.52. The van der Waals surface area contributed by atoms with E-state index in [4.69, 9.17) is 4.74 Å². The Hall–Kier alpha value is -0.0800. The summed E-state index contributed by atoms with van der Waals surface area (Å²) in [7, 11) is 0. The largest absolute Gasteiger partial charge is 0.374 e. The lowest BCUT2D eigenvalue weighted by molar-refractivity contribution is -0.0851. The van der Waals surface area contributed by atoms with Gasteiger partial charge in [0.25, 0.3) is 0 Å². The van der Waals surface area contributed by atoms with Crippen molar-refractivity contribution in [3.05, 3.63) is 0 Å². The van der Waals surface area contributed by atoms with E-state index in [0.29, 0.717) is 0 Å². The number of ether oxygens (including phenoxy) is 1. The summed E-state index contributed by atoms with van der Waals surface area (Å²) >= 11 is 0. The molecule has 0 amide bonds. The van der Waals surface area contributed by atoms with Crippen LogP contribution in [-0.4, -0.2) is 24.8 Å². The molecule has 0 heterocycles. The van der Waals surface area contributed by atoms with Crippen LogP contribution in [-0.2, 0) is 4.74 Å². The summed E-state index contributed by atoms with van der Waals surface area (Å²) in [4.78, 5) is 0. The Kier molecular flexibility index (Phi) is 5.27. The molecule has 21 heavy (non-hydrogen) atoms. The molecule has 3 fully saturated rings. The lowest BCUT2D eigenvalue weighted by atomic mass is 9.74. The van der Waals surface area contributed by atoms with Gasteiger partial charge in [0.1, 0.15) is 0 Å². The molecule has 3 aliphatic carbocycles. The van der Waals surface area contributed by atoms with Gasteiger partial charge in [0, 0.05) is 19.2 Å². The van der Waals surface area contributed by atoms with Crippen LogP contribution in [0.15, 0.2) is 0 Å². The summed E-state index contributed by atoms with van der Waals surface area (Å²) in [6, 6.07) is 0.805. The van der Waals surface area contributed by atoms with Crippen LogP contribution in [0, 0.1) is 17.8 Å². The van der Waals surface area contributed by atoms with Crippen LogP contribution in [0.2, 0.25) is 0 Å². The first-order chi connectivity index (χ1) is 10.2. The molecule has 3 rings (SSSR count). The fourth-order valence-corrected chi connectivity index (χ4v) is 4.05. The minimum absolute atomic E-state index is 0.164. The zero-order valence-corrected chi connectivity index (χ0v) is 14.2. The van der Waals surface area contributed by atoms with E-state index < -0.39 is 0 Å². The molecule has 0 aromatic heterocycles. The number of hydrogen-bond donors (Lipinski definition) is 1. The zero-order chi connectivity index (χ0) is 14.7. The molecular formula is C19H35NO. The molecule has 2 heteroatoms. The second-order valence-corrected chi connectivity index (χ2v) is 8.35. The van der Waals surface area contributed by atoms with Crippen LogP contribution >= 0.6 is 0 Å². The van der Waals surface area contributed by atoms with Crippen LogP contribution in [0.3, 0.4) is 0 Å². The van der Waals surface area contributed by atoms with E-state index in [0.717, 1.165) is 36.9 Å². The van der Waals surface area contributed by atoms with Gasteiger partial charge in [-0.15, -0.1) is 0 Å². The molecule has 0 atom stereocenters. The molecule has 2 nitrogen and oxygen atoms in total. The van der Waals surface area contributed by atoms with Crippen LogP contribution in [0.25, 0.3) is 0 Å². The summed E-state index contributed by atoms with van der Waals surface area (Å²) in [5.74, 6) is 2.74. The van der Waals surface area contributed by atoms with Crippen molar-refractivity contribution in [1.29, 1.82) is 0 Å². The SMILES string of the molecule is CC(C)C1CCC(CNC2CC2)(OCCC2CCC2)CC1. The van der Waals surface area contributed by atoms with Crippen molar-refractivity contribution in [1.82, 2.24) is 5.32 Å². The Bertz CT molecular complexity index is 312. The van der Waals surface area contributed by atoms with Gasteiger partial charge in [0.15, 0.2) is 0 Å². The molecule has 0 aliphatic heterocycles. The molecule has 0 unspecified atom stereocenters. The number of nitrogens with one attached hydrogen (secondary N) is 1. The van der Waals surface area contributed by atoms with Crippen LogP contribution < -0.4 is 5.32 Å². The Labute approximate surface area is 131 Å². The average molecular weight is 293 g/mol. The van der Waals surface area contributed by atoms with E-state index in [9.17, 15) is 0 Å². The third-order valence-corrected chi connectivity index (χ3v) is 6.33. The highest BCUT2D eigenvalue weighted by Gasteiger charge is 2.38. The highest BCUT2D eigenvalue weighted by Crippen LogP contribution is 2.39. The average Bonchev–Trinajstić information content (AvgIpc) is 3.24. The molecule has 0 radical (unpaired) electrons. The molecule has 0 bridgehead atoms. The molecule has 1 N–H and O–H groups in total. The summed E-state index contributed by atoms with van der Waals surface area (Å²) in [5, 5.41) is 3.75. The molecule has 3 saturated carbocycles. The van der Waals surface area contributed by atoms with Crippen LogP contribution in [0.5, 0.6) is 0 Å². The van der Waals surface area contributed by atoms with Gasteiger partial charge in [-0.3, -0.25) is 0 Å². The Balaban J connectivity index is 1.47. The van der Waals surface area contributed by atoms with Crippen molar-refractivity contribution < 1.29 is 4.74 Å². The predicted molar refractivity (Wildman–Crippen MR) is 88.5 cm³/mol. The number of hydrogen-bond acceptors (Lipinski definition) is 2. The first-order valence-electron chi connectivity index (χ1n) is 9.54. The number of rotatable bonds is 8. The fraction of sp³-hybridized carbons (Fsp3) is 1.00. The standard InChI is InChI=1S/C19H35NO/c1-15(2)17-8-11-19(12-9-17,14-20-18-6-7-18)21-13-10-16-4-3-5-16/h15-18,20H,3-14H2,1-2H3. The molecule has 3 aliphatic rings. The summed E-state index contributed by atoms with van der Waals surface area (Å²) < 4.78 is 6.52. The van der Waals surface area contributed by atoms with Crippen molar-refractivity contribution in [3.63, 3.8) is 0 Å². The highest BCUT2D eigenvalue weighted by molar-refractivity contribution is 4.93. The second-order valence-electron chi connectivity index (χ2n) is 8.35. The molecule has 0 spiro atoms. The first-order valence-corrected chi connectivity index (χ1v) is 9.54. The Morgan fingerprint density at radius 2 is 1.76 bits per heavy atom. The zero-order valence-electron chi connectivity index (χ0n) is 14.2. The molecule has 122 valence electrons. The van der Waals surface area contributed by atoms with E-state index in [1.165, 1.54) is 64.2 Å². The van der Waals surface area contributed by atoms with Gasteiger partial charge in [0.05, 0.1) is 5.60 Å². The van der Waals surface area contributed by atoms with Gasteiger partial charge in [-0.1, -0.05) is 33.1 Å². The fourth-order valence-electron chi connectivity index (χ4n) is 4.05. The topological polar surface area (TPSA) is 21.3 Å². The Morgan fingerprint density at radius 3 is 2.29 bits per heavy atom.